The minimum Gasteiger partial charge on any atom is -0.307 e. The first-order valence-electron chi connectivity index (χ1n) is 8.42. The van der Waals surface area contributed by atoms with Crippen molar-refractivity contribution in [1.82, 2.24) is 9.78 Å². The summed E-state index contributed by atoms with van der Waals surface area (Å²) in [6, 6.07) is 8.68. The van der Waals surface area contributed by atoms with E-state index in [1.54, 1.807) is 22.9 Å². The van der Waals surface area contributed by atoms with E-state index >= 15 is 0 Å². The average molecular weight is 440 g/mol. The highest BCUT2D eigenvalue weighted by Gasteiger charge is 2.33. The van der Waals surface area contributed by atoms with Gasteiger partial charge in [-0.2, -0.15) is 5.10 Å². The fraction of sp³-hybridized carbons (Fsp3) is 0.444. The summed E-state index contributed by atoms with van der Waals surface area (Å²) in [7, 11) is -3.05. The molecular weight excluding hydrogens is 418 g/mol. The minimum absolute atomic E-state index is 0.0536. The highest BCUT2D eigenvalue weighted by molar-refractivity contribution is 9.10. The smallest absolute Gasteiger partial charge is 0.256 e. The molecule has 1 aliphatic heterocycles. The van der Waals surface area contributed by atoms with Gasteiger partial charge in [0.2, 0.25) is 0 Å². The van der Waals surface area contributed by atoms with Crippen LogP contribution in [-0.4, -0.2) is 35.6 Å². The lowest BCUT2D eigenvalue weighted by Crippen LogP contribution is -2.20. The zero-order chi connectivity index (χ0) is 19.1. The Bertz CT molecular complexity index is 945. The summed E-state index contributed by atoms with van der Waals surface area (Å²) >= 11 is 3.36. The van der Waals surface area contributed by atoms with Crippen LogP contribution < -0.4 is 5.32 Å². The van der Waals surface area contributed by atoms with Crippen LogP contribution in [0.25, 0.3) is 0 Å². The lowest BCUT2D eigenvalue weighted by atomic mass is 9.92. The molecule has 1 fully saturated rings. The predicted molar refractivity (Wildman–Crippen MR) is 105 cm³/mol. The van der Waals surface area contributed by atoms with Gasteiger partial charge in [-0.3, -0.25) is 4.79 Å². The van der Waals surface area contributed by atoms with Gasteiger partial charge in [-0.25, -0.2) is 13.1 Å². The van der Waals surface area contributed by atoms with Gasteiger partial charge in [0.1, 0.15) is 5.82 Å². The zero-order valence-electron chi connectivity index (χ0n) is 15.0. The summed E-state index contributed by atoms with van der Waals surface area (Å²) in [4.78, 5) is 12.6. The van der Waals surface area contributed by atoms with Crippen LogP contribution in [0.1, 0.15) is 49.3 Å². The van der Waals surface area contributed by atoms with Crippen molar-refractivity contribution >= 4 is 37.5 Å². The molecule has 1 aliphatic rings. The van der Waals surface area contributed by atoms with Gasteiger partial charge in [-0.1, -0.05) is 42.8 Å². The fourth-order valence-corrected chi connectivity index (χ4v) is 5.01. The summed E-state index contributed by atoms with van der Waals surface area (Å²) in [6.45, 7) is 6.10. The normalized spacial score (nSPS) is 19.5. The standard InChI is InChI=1S/C18H22BrN3O3S/c1-18(2,3)15-10-16(20-17(23)12-5-4-6-13(19)9-12)22(21-15)14-7-8-26(24,25)11-14/h4-6,9-10,14H,7-8,11H2,1-3H3,(H,20,23). The number of nitrogens with one attached hydrogen (secondary N) is 1. The fourth-order valence-electron chi connectivity index (χ4n) is 2.92. The molecule has 0 saturated carbocycles. The molecule has 1 aromatic heterocycles. The van der Waals surface area contributed by atoms with E-state index in [1.807, 2.05) is 32.9 Å². The third-order valence-electron chi connectivity index (χ3n) is 4.39. The number of aromatic nitrogens is 2. The molecular formula is C18H22BrN3O3S. The van der Waals surface area contributed by atoms with Gasteiger partial charge < -0.3 is 5.32 Å². The number of hydrogen-bond acceptors (Lipinski definition) is 4. The van der Waals surface area contributed by atoms with E-state index in [2.05, 4.69) is 26.3 Å². The van der Waals surface area contributed by atoms with E-state index in [0.29, 0.717) is 17.8 Å². The van der Waals surface area contributed by atoms with Crippen LogP contribution in [0.2, 0.25) is 0 Å². The molecule has 1 aromatic carbocycles. The first-order valence-corrected chi connectivity index (χ1v) is 11.0. The van der Waals surface area contributed by atoms with Gasteiger partial charge in [0.15, 0.2) is 9.84 Å². The molecule has 1 amide bonds. The van der Waals surface area contributed by atoms with Gasteiger partial charge in [0.05, 0.1) is 23.2 Å². The highest BCUT2D eigenvalue weighted by atomic mass is 79.9. The second-order valence-electron chi connectivity index (χ2n) is 7.63. The summed E-state index contributed by atoms with van der Waals surface area (Å²) in [5, 5.41) is 7.52. The van der Waals surface area contributed by atoms with Crippen molar-refractivity contribution in [1.29, 1.82) is 0 Å². The van der Waals surface area contributed by atoms with Gasteiger partial charge in [0, 0.05) is 21.5 Å². The molecule has 8 heteroatoms. The number of amides is 1. The molecule has 0 radical (unpaired) electrons. The van der Waals surface area contributed by atoms with Crippen LogP contribution >= 0.6 is 15.9 Å². The number of rotatable bonds is 3. The van der Waals surface area contributed by atoms with Gasteiger partial charge >= 0.3 is 0 Å². The summed E-state index contributed by atoms with van der Waals surface area (Å²) < 4.78 is 26.2. The summed E-state index contributed by atoms with van der Waals surface area (Å²) in [5.41, 5.74) is 1.12. The lowest BCUT2D eigenvalue weighted by molar-refractivity contribution is 0.102. The minimum atomic E-state index is -3.05. The SMILES string of the molecule is CC(C)(C)c1cc(NC(=O)c2cccc(Br)c2)n(C2CCS(=O)(=O)C2)n1. The van der Waals surface area contributed by atoms with Gasteiger partial charge in [-0.15, -0.1) is 0 Å². The quantitative estimate of drug-likeness (QED) is 0.792. The first kappa shape index (κ1) is 19.1. The Kier molecular flexibility index (Phi) is 5.00. The molecule has 2 aromatic rings. The number of carbonyl (C=O) groups excluding carboxylic acids is 1. The molecule has 2 heterocycles. The maximum Gasteiger partial charge on any atom is 0.256 e. The number of nitrogens with zero attached hydrogens (tertiary/aromatic N) is 2. The maximum absolute atomic E-state index is 12.6. The molecule has 26 heavy (non-hydrogen) atoms. The lowest BCUT2D eigenvalue weighted by Gasteiger charge is -2.15. The zero-order valence-corrected chi connectivity index (χ0v) is 17.4. The molecule has 0 aliphatic carbocycles. The number of hydrogen-bond donors (Lipinski definition) is 1. The van der Waals surface area contributed by atoms with Crippen LogP contribution in [0.15, 0.2) is 34.8 Å². The maximum atomic E-state index is 12.6. The van der Waals surface area contributed by atoms with E-state index in [9.17, 15) is 13.2 Å². The van der Waals surface area contributed by atoms with Crippen LogP contribution in [0, 0.1) is 0 Å². The molecule has 6 nitrogen and oxygen atoms in total. The largest absolute Gasteiger partial charge is 0.307 e. The average Bonchev–Trinajstić information content (AvgIpc) is 3.10. The van der Waals surface area contributed by atoms with Crippen molar-refractivity contribution in [2.24, 2.45) is 0 Å². The summed E-state index contributed by atoms with van der Waals surface area (Å²) in [5.74, 6) is 0.482. The van der Waals surface area contributed by atoms with Crippen molar-refractivity contribution in [3.8, 4) is 0 Å². The number of carbonyl (C=O) groups is 1. The van der Waals surface area contributed by atoms with Crippen molar-refractivity contribution < 1.29 is 13.2 Å². The third-order valence-corrected chi connectivity index (χ3v) is 6.63. The highest BCUT2D eigenvalue weighted by Crippen LogP contribution is 2.31. The van der Waals surface area contributed by atoms with E-state index in [-0.39, 0.29) is 28.9 Å². The predicted octanol–water partition coefficient (Wildman–Crippen LogP) is 3.56. The summed E-state index contributed by atoms with van der Waals surface area (Å²) in [6.07, 6.45) is 0.507. The molecule has 140 valence electrons. The Balaban J connectivity index is 1.94. The molecule has 0 spiro atoms. The molecule has 1 unspecified atom stereocenters. The van der Waals surface area contributed by atoms with Crippen molar-refractivity contribution in [2.75, 3.05) is 16.8 Å². The van der Waals surface area contributed by atoms with E-state index < -0.39 is 9.84 Å². The van der Waals surface area contributed by atoms with Crippen molar-refractivity contribution in [3.63, 3.8) is 0 Å². The van der Waals surface area contributed by atoms with E-state index in [4.69, 9.17) is 0 Å². The number of benzene rings is 1. The van der Waals surface area contributed by atoms with Crippen LogP contribution in [0.3, 0.4) is 0 Å². The van der Waals surface area contributed by atoms with Gasteiger partial charge in [-0.05, 0) is 24.6 Å². The topological polar surface area (TPSA) is 81.1 Å². The van der Waals surface area contributed by atoms with Crippen LogP contribution in [0.4, 0.5) is 5.82 Å². The Morgan fingerprint density at radius 2 is 2.04 bits per heavy atom. The molecule has 1 atom stereocenters. The second-order valence-corrected chi connectivity index (χ2v) is 10.8. The Morgan fingerprint density at radius 1 is 1.31 bits per heavy atom. The molecule has 3 rings (SSSR count). The first-order chi connectivity index (χ1) is 12.0. The van der Waals surface area contributed by atoms with Crippen LogP contribution in [0.5, 0.6) is 0 Å². The Morgan fingerprint density at radius 3 is 2.62 bits per heavy atom. The van der Waals surface area contributed by atoms with Gasteiger partial charge in [0.25, 0.3) is 5.91 Å². The second kappa shape index (κ2) is 6.81. The van der Waals surface area contributed by atoms with Crippen molar-refractivity contribution in [2.45, 2.75) is 38.6 Å². The monoisotopic (exact) mass is 439 g/mol. The number of anilines is 1. The van der Waals surface area contributed by atoms with Crippen LogP contribution in [-0.2, 0) is 15.3 Å². The Hall–Kier alpha value is -1.67. The molecule has 0 bridgehead atoms. The molecule has 1 N–H and O–H groups in total. The van der Waals surface area contributed by atoms with E-state index in [1.165, 1.54) is 0 Å². The number of sulfone groups is 1. The third kappa shape index (κ3) is 4.17. The number of halogens is 1. The Labute approximate surface area is 162 Å². The van der Waals surface area contributed by atoms with Crippen molar-refractivity contribution in [3.05, 3.63) is 46.1 Å². The van der Waals surface area contributed by atoms with E-state index in [0.717, 1.165) is 10.2 Å². The molecule has 1 saturated heterocycles.